The fraction of sp³-hybridized carbons (Fsp3) is 0.556. The number of aromatic nitrogens is 2. The number of nitrogen functional groups attached to an aromatic ring is 1. The zero-order chi connectivity index (χ0) is 13.4. The summed E-state index contributed by atoms with van der Waals surface area (Å²) in [4.78, 5) is 11.0. The second-order valence-corrected chi connectivity index (χ2v) is 3.98. The van der Waals surface area contributed by atoms with Gasteiger partial charge in [-0.3, -0.25) is 4.79 Å². The first-order valence-corrected chi connectivity index (χ1v) is 5.22. The molecule has 9 nitrogen and oxygen atoms in total. The van der Waals surface area contributed by atoms with Gasteiger partial charge in [-0.1, -0.05) is 0 Å². The summed E-state index contributed by atoms with van der Waals surface area (Å²) in [6, 6.07) is 0. The van der Waals surface area contributed by atoms with Gasteiger partial charge in [-0.2, -0.15) is 5.10 Å². The summed E-state index contributed by atoms with van der Waals surface area (Å²) in [6.07, 6.45) is -3.45. The molecule has 0 radical (unpaired) electrons. The summed E-state index contributed by atoms with van der Waals surface area (Å²) in [5.41, 5.74) is 10.7. The molecule has 0 spiro atoms. The summed E-state index contributed by atoms with van der Waals surface area (Å²) in [6.45, 7) is -0.460. The molecule has 1 fully saturated rings. The SMILES string of the molecule is NC(=O)c1cnn(C2OC(CO)C(O)C2O)c1N. The van der Waals surface area contributed by atoms with Gasteiger partial charge < -0.3 is 31.5 Å². The van der Waals surface area contributed by atoms with Crippen molar-refractivity contribution >= 4 is 11.7 Å². The smallest absolute Gasteiger partial charge is 0.254 e. The summed E-state index contributed by atoms with van der Waals surface area (Å²) in [7, 11) is 0. The molecule has 0 aliphatic carbocycles. The predicted molar refractivity (Wildman–Crippen MR) is 58.2 cm³/mol. The van der Waals surface area contributed by atoms with Crippen LogP contribution in [-0.2, 0) is 4.74 Å². The molecule has 0 aromatic carbocycles. The van der Waals surface area contributed by atoms with Crippen molar-refractivity contribution in [3.8, 4) is 0 Å². The topological polar surface area (TPSA) is 157 Å². The number of primary amides is 1. The third kappa shape index (κ3) is 1.82. The van der Waals surface area contributed by atoms with Gasteiger partial charge >= 0.3 is 0 Å². The second kappa shape index (κ2) is 4.53. The van der Waals surface area contributed by atoms with Crippen LogP contribution in [0.25, 0.3) is 0 Å². The fourth-order valence-electron chi connectivity index (χ4n) is 1.85. The van der Waals surface area contributed by atoms with Crippen LogP contribution in [0, 0.1) is 0 Å². The Hall–Kier alpha value is -1.68. The average Bonchev–Trinajstić information content (AvgIpc) is 2.82. The Balaban J connectivity index is 2.30. The molecule has 100 valence electrons. The molecule has 9 heteroatoms. The van der Waals surface area contributed by atoms with Gasteiger partial charge in [0.05, 0.1) is 12.8 Å². The molecule has 0 bridgehead atoms. The van der Waals surface area contributed by atoms with Gasteiger partial charge in [0.1, 0.15) is 29.7 Å². The number of amides is 1. The molecule has 0 saturated carbocycles. The van der Waals surface area contributed by atoms with Crippen LogP contribution in [-0.4, -0.2) is 55.9 Å². The van der Waals surface area contributed by atoms with Crippen molar-refractivity contribution in [1.29, 1.82) is 0 Å². The van der Waals surface area contributed by atoms with E-state index in [0.717, 1.165) is 10.9 Å². The lowest BCUT2D eigenvalue weighted by molar-refractivity contribution is -0.0574. The number of aliphatic hydroxyl groups excluding tert-OH is 3. The number of ether oxygens (including phenoxy) is 1. The van der Waals surface area contributed by atoms with E-state index in [1.165, 1.54) is 0 Å². The molecule has 2 heterocycles. The number of nitrogens with zero attached hydrogens (tertiary/aromatic N) is 2. The molecule has 7 N–H and O–H groups in total. The summed E-state index contributed by atoms with van der Waals surface area (Å²) in [5.74, 6) is -0.831. The van der Waals surface area contributed by atoms with Crippen LogP contribution in [0.15, 0.2) is 6.20 Å². The van der Waals surface area contributed by atoms with E-state index in [1.807, 2.05) is 0 Å². The molecule has 18 heavy (non-hydrogen) atoms. The maximum Gasteiger partial charge on any atom is 0.254 e. The number of carbonyl (C=O) groups is 1. The van der Waals surface area contributed by atoms with Crippen LogP contribution in [0.2, 0.25) is 0 Å². The fourth-order valence-corrected chi connectivity index (χ4v) is 1.85. The van der Waals surface area contributed by atoms with Crippen molar-refractivity contribution in [3.05, 3.63) is 11.8 Å². The molecule has 1 aliphatic heterocycles. The highest BCUT2D eigenvalue weighted by atomic mass is 16.6. The third-order valence-corrected chi connectivity index (χ3v) is 2.86. The normalized spacial score (nSPS) is 31.7. The zero-order valence-electron chi connectivity index (χ0n) is 9.30. The minimum absolute atomic E-state index is 0.00672. The van der Waals surface area contributed by atoms with Crippen molar-refractivity contribution in [3.63, 3.8) is 0 Å². The highest BCUT2D eigenvalue weighted by Crippen LogP contribution is 2.31. The lowest BCUT2D eigenvalue weighted by Crippen LogP contribution is -2.33. The lowest BCUT2D eigenvalue weighted by atomic mass is 10.1. The number of carbonyl (C=O) groups excluding carboxylic acids is 1. The van der Waals surface area contributed by atoms with Crippen LogP contribution in [0.5, 0.6) is 0 Å². The van der Waals surface area contributed by atoms with Crippen molar-refractivity contribution < 1.29 is 24.9 Å². The lowest BCUT2D eigenvalue weighted by Gasteiger charge is -2.16. The largest absolute Gasteiger partial charge is 0.394 e. The monoisotopic (exact) mass is 258 g/mol. The van der Waals surface area contributed by atoms with Crippen molar-refractivity contribution in [2.24, 2.45) is 5.73 Å². The Bertz CT molecular complexity index is 462. The van der Waals surface area contributed by atoms with Crippen molar-refractivity contribution in [1.82, 2.24) is 9.78 Å². The Kier molecular flexibility index (Phi) is 3.22. The average molecular weight is 258 g/mol. The summed E-state index contributed by atoms with van der Waals surface area (Å²) in [5, 5.41) is 32.1. The number of anilines is 1. The number of hydrogen-bond acceptors (Lipinski definition) is 7. The number of rotatable bonds is 3. The van der Waals surface area contributed by atoms with Gasteiger partial charge in [-0.15, -0.1) is 0 Å². The molecule has 4 unspecified atom stereocenters. The minimum atomic E-state index is -1.31. The number of hydrogen-bond donors (Lipinski definition) is 5. The summed E-state index contributed by atoms with van der Waals surface area (Å²) < 4.78 is 6.26. The Labute approximate surface area is 102 Å². The van der Waals surface area contributed by atoms with E-state index in [1.54, 1.807) is 0 Å². The van der Waals surface area contributed by atoms with Gasteiger partial charge in [0.15, 0.2) is 6.23 Å². The maximum absolute atomic E-state index is 11.0. The highest BCUT2D eigenvalue weighted by Gasteiger charge is 2.44. The van der Waals surface area contributed by atoms with Gasteiger partial charge in [-0.25, -0.2) is 4.68 Å². The molecular formula is C9H14N4O5. The van der Waals surface area contributed by atoms with E-state index < -0.39 is 37.1 Å². The van der Waals surface area contributed by atoms with Gasteiger partial charge in [-0.05, 0) is 0 Å². The maximum atomic E-state index is 11.0. The zero-order valence-corrected chi connectivity index (χ0v) is 9.30. The van der Waals surface area contributed by atoms with Crippen molar-refractivity contribution in [2.75, 3.05) is 12.3 Å². The number of aliphatic hydroxyl groups is 3. The molecule has 1 aromatic rings. The van der Waals surface area contributed by atoms with E-state index >= 15 is 0 Å². The molecule has 4 atom stereocenters. The van der Waals surface area contributed by atoms with E-state index in [2.05, 4.69) is 5.10 Å². The molecule has 1 saturated heterocycles. The van der Waals surface area contributed by atoms with Crippen molar-refractivity contribution in [2.45, 2.75) is 24.5 Å². The quantitative estimate of drug-likeness (QED) is 0.391. The molecular weight excluding hydrogens is 244 g/mol. The first-order valence-electron chi connectivity index (χ1n) is 5.22. The van der Waals surface area contributed by atoms with E-state index in [9.17, 15) is 15.0 Å². The minimum Gasteiger partial charge on any atom is -0.394 e. The standard InChI is InChI=1S/C9H14N4O5/c10-7-3(8(11)17)1-12-13(7)9-6(16)5(15)4(2-14)18-9/h1,4-6,9,14-16H,2,10H2,(H2,11,17). The molecule has 1 aromatic heterocycles. The molecule has 1 aliphatic rings. The van der Waals surface area contributed by atoms with Crippen LogP contribution >= 0.6 is 0 Å². The van der Waals surface area contributed by atoms with E-state index in [-0.39, 0.29) is 11.4 Å². The molecule has 2 rings (SSSR count). The van der Waals surface area contributed by atoms with Crippen LogP contribution < -0.4 is 11.5 Å². The third-order valence-electron chi connectivity index (χ3n) is 2.86. The summed E-state index contributed by atoms with van der Waals surface area (Å²) >= 11 is 0. The Morgan fingerprint density at radius 3 is 2.61 bits per heavy atom. The van der Waals surface area contributed by atoms with E-state index in [0.29, 0.717) is 0 Å². The first-order chi connectivity index (χ1) is 8.47. The second-order valence-electron chi connectivity index (χ2n) is 3.98. The van der Waals surface area contributed by atoms with Crippen LogP contribution in [0.1, 0.15) is 16.6 Å². The molecule has 1 amide bonds. The highest BCUT2D eigenvalue weighted by molar-refractivity contribution is 5.96. The predicted octanol–water partition coefficient (Wildman–Crippen LogP) is -2.82. The number of nitrogens with two attached hydrogens (primary N) is 2. The van der Waals surface area contributed by atoms with Crippen LogP contribution in [0.4, 0.5) is 5.82 Å². The van der Waals surface area contributed by atoms with Gasteiger partial charge in [0.2, 0.25) is 0 Å². The van der Waals surface area contributed by atoms with E-state index in [4.69, 9.17) is 21.3 Å². The Morgan fingerprint density at radius 2 is 2.17 bits per heavy atom. The Morgan fingerprint density at radius 1 is 1.50 bits per heavy atom. The van der Waals surface area contributed by atoms with Gasteiger partial charge in [0.25, 0.3) is 5.91 Å². The van der Waals surface area contributed by atoms with Gasteiger partial charge in [0, 0.05) is 0 Å². The first kappa shape index (κ1) is 12.8. The van der Waals surface area contributed by atoms with Crippen LogP contribution in [0.3, 0.4) is 0 Å².